The highest BCUT2D eigenvalue weighted by Gasteiger charge is 2.19. The lowest BCUT2D eigenvalue weighted by Crippen LogP contribution is -2.02. The van der Waals surface area contributed by atoms with E-state index in [0.717, 1.165) is 17.2 Å². The Morgan fingerprint density at radius 3 is 2.47 bits per heavy atom. The van der Waals surface area contributed by atoms with Crippen LogP contribution in [-0.2, 0) is 6.42 Å². The number of halogens is 4. The minimum Gasteiger partial charge on any atom is -0.204 e. The molecule has 0 saturated carbocycles. The maximum Gasteiger partial charge on any atom is 0.194 e. The summed E-state index contributed by atoms with van der Waals surface area (Å²) in [6.07, 6.45) is 0.504. The third-order valence-corrected chi connectivity index (χ3v) is 3.72. The fraction of sp³-hybridized carbons (Fsp3) is 0.200. The molecule has 4 heteroatoms. The zero-order chi connectivity index (χ0) is 14.0. The van der Waals surface area contributed by atoms with Crippen LogP contribution in [0, 0.1) is 24.4 Å². The Labute approximate surface area is 118 Å². The first kappa shape index (κ1) is 14.1. The van der Waals surface area contributed by atoms with Crippen LogP contribution in [0.2, 0.25) is 0 Å². The Kier molecular flexibility index (Phi) is 4.30. The minimum atomic E-state index is -1.42. The fourth-order valence-electron chi connectivity index (χ4n) is 1.94. The van der Waals surface area contributed by atoms with E-state index in [9.17, 15) is 13.2 Å². The molecular formula is C15H12BrF3. The Morgan fingerprint density at radius 1 is 1.05 bits per heavy atom. The van der Waals surface area contributed by atoms with Gasteiger partial charge in [-0.05, 0) is 25.0 Å². The molecule has 2 aromatic carbocycles. The standard InChI is InChI=1S/C15H12BrF3/c1-9-3-2-4-10(7-9)8-12(16)11-5-6-13(17)15(19)14(11)18/h2-7,12H,8H2,1H3. The van der Waals surface area contributed by atoms with Gasteiger partial charge in [0.2, 0.25) is 0 Å². The van der Waals surface area contributed by atoms with Crippen LogP contribution >= 0.6 is 15.9 Å². The van der Waals surface area contributed by atoms with Crippen LogP contribution in [0.3, 0.4) is 0 Å². The molecule has 0 bridgehead atoms. The van der Waals surface area contributed by atoms with Crippen molar-refractivity contribution in [3.63, 3.8) is 0 Å². The maximum atomic E-state index is 13.6. The summed E-state index contributed by atoms with van der Waals surface area (Å²) in [7, 11) is 0. The summed E-state index contributed by atoms with van der Waals surface area (Å²) in [6, 6.07) is 9.98. The minimum absolute atomic E-state index is 0.125. The van der Waals surface area contributed by atoms with Crippen molar-refractivity contribution in [3.8, 4) is 0 Å². The van der Waals surface area contributed by atoms with Crippen LogP contribution in [0.5, 0.6) is 0 Å². The highest BCUT2D eigenvalue weighted by molar-refractivity contribution is 9.09. The van der Waals surface area contributed by atoms with E-state index in [1.807, 2.05) is 31.2 Å². The van der Waals surface area contributed by atoms with E-state index in [1.165, 1.54) is 6.07 Å². The Balaban J connectivity index is 2.25. The van der Waals surface area contributed by atoms with Crippen LogP contribution in [0.15, 0.2) is 36.4 Å². The van der Waals surface area contributed by atoms with Gasteiger partial charge in [0, 0.05) is 10.4 Å². The summed E-state index contributed by atoms with van der Waals surface area (Å²) in [6.45, 7) is 1.96. The monoisotopic (exact) mass is 328 g/mol. The second-order valence-corrected chi connectivity index (χ2v) is 5.53. The van der Waals surface area contributed by atoms with E-state index in [2.05, 4.69) is 15.9 Å². The van der Waals surface area contributed by atoms with Gasteiger partial charge in [-0.25, -0.2) is 13.2 Å². The molecule has 0 aliphatic heterocycles. The molecule has 0 N–H and O–H groups in total. The number of alkyl halides is 1. The summed E-state index contributed by atoms with van der Waals surface area (Å²) >= 11 is 3.33. The number of hydrogen-bond acceptors (Lipinski definition) is 0. The molecule has 100 valence electrons. The topological polar surface area (TPSA) is 0 Å². The highest BCUT2D eigenvalue weighted by atomic mass is 79.9. The quantitative estimate of drug-likeness (QED) is 0.543. The number of hydrogen-bond donors (Lipinski definition) is 0. The van der Waals surface area contributed by atoms with Gasteiger partial charge in [0.05, 0.1) is 0 Å². The summed E-state index contributed by atoms with van der Waals surface area (Å²) in [5, 5.41) is 0. The smallest absolute Gasteiger partial charge is 0.194 e. The molecule has 0 aromatic heterocycles. The molecule has 2 rings (SSSR count). The first-order valence-corrected chi connectivity index (χ1v) is 6.73. The third kappa shape index (κ3) is 3.18. The average Bonchev–Trinajstić information content (AvgIpc) is 2.36. The summed E-state index contributed by atoms with van der Waals surface area (Å²) in [5.41, 5.74) is 2.23. The molecule has 2 aromatic rings. The van der Waals surface area contributed by atoms with E-state index in [1.54, 1.807) is 0 Å². The van der Waals surface area contributed by atoms with Gasteiger partial charge in [-0.3, -0.25) is 0 Å². The lowest BCUT2D eigenvalue weighted by atomic mass is 10.0. The average molecular weight is 329 g/mol. The van der Waals surface area contributed by atoms with Crippen molar-refractivity contribution in [2.24, 2.45) is 0 Å². The zero-order valence-corrected chi connectivity index (χ0v) is 11.8. The highest BCUT2D eigenvalue weighted by Crippen LogP contribution is 2.30. The van der Waals surface area contributed by atoms with Gasteiger partial charge in [0.25, 0.3) is 0 Å². The van der Waals surface area contributed by atoms with Crippen molar-refractivity contribution in [3.05, 3.63) is 70.5 Å². The van der Waals surface area contributed by atoms with Crippen molar-refractivity contribution in [1.29, 1.82) is 0 Å². The molecule has 0 nitrogen and oxygen atoms in total. The molecule has 0 aliphatic rings. The Bertz CT molecular complexity index is 596. The van der Waals surface area contributed by atoms with Gasteiger partial charge >= 0.3 is 0 Å². The molecule has 1 unspecified atom stereocenters. The number of rotatable bonds is 3. The largest absolute Gasteiger partial charge is 0.204 e. The van der Waals surface area contributed by atoms with E-state index in [0.29, 0.717) is 6.42 Å². The van der Waals surface area contributed by atoms with Crippen LogP contribution in [0.1, 0.15) is 21.5 Å². The molecule has 19 heavy (non-hydrogen) atoms. The third-order valence-electron chi connectivity index (χ3n) is 2.90. The first-order valence-electron chi connectivity index (χ1n) is 5.82. The van der Waals surface area contributed by atoms with Gasteiger partial charge in [0.15, 0.2) is 17.5 Å². The van der Waals surface area contributed by atoms with Crippen LogP contribution in [0.4, 0.5) is 13.2 Å². The molecule has 0 amide bonds. The molecule has 0 radical (unpaired) electrons. The predicted octanol–water partition coefficient (Wildman–Crippen LogP) is 5.09. The van der Waals surface area contributed by atoms with E-state index >= 15 is 0 Å². The normalized spacial score (nSPS) is 12.5. The zero-order valence-electron chi connectivity index (χ0n) is 10.3. The summed E-state index contributed by atoms with van der Waals surface area (Å²) in [5.74, 6) is -3.72. The first-order chi connectivity index (χ1) is 8.99. The van der Waals surface area contributed by atoms with Gasteiger partial charge in [-0.15, -0.1) is 0 Å². The Hall–Kier alpha value is -1.29. The molecule has 0 fully saturated rings. The second kappa shape index (κ2) is 5.78. The van der Waals surface area contributed by atoms with Gasteiger partial charge < -0.3 is 0 Å². The second-order valence-electron chi connectivity index (χ2n) is 4.43. The summed E-state index contributed by atoms with van der Waals surface area (Å²) in [4.78, 5) is -0.399. The van der Waals surface area contributed by atoms with Crippen molar-refractivity contribution < 1.29 is 13.2 Å². The maximum absolute atomic E-state index is 13.6. The van der Waals surface area contributed by atoms with E-state index < -0.39 is 22.3 Å². The number of benzene rings is 2. The molecule has 0 aliphatic carbocycles. The van der Waals surface area contributed by atoms with E-state index in [4.69, 9.17) is 0 Å². The van der Waals surface area contributed by atoms with Crippen molar-refractivity contribution in [1.82, 2.24) is 0 Å². The van der Waals surface area contributed by atoms with Crippen molar-refractivity contribution >= 4 is 15.9 Å². The van der Waals surface area contributed by atoms with Gasteiger partial charge in [-0.2, -0.15) is 0 Å². The van der Waals surface area contributed by atoms with Crippen LogP contribution in [-0.4, -0.2) is 0 Å². The van der Waals surface area contributed by atoms with Gasteiger partial charge in [-0.1, -0.05) is 51.8 Å². The molecule has 0 spiro atoms. The lowest BCUT2D eigenvalue weighted by Gasteiger charge is -2.12. The molecular weight excluding hydrogens is 317 g/mol. The molecule has 0 saturated heterocycles. The van der Waals surface area contributed by atoms with Crippen molar-refractivity contribution in [2.75, 3.05) is 0 Å². The van der Waals surface area contributed by atoms with Gasteiger partial charge in [0.1, 0.15) is 0 Å². The summed E-state index contributed by atoms with van der Waals surface area (Å²) < 4.78 is 39.7. The van der Waals surface area contributed by atoms with Crippen LogP contribution in [0.25, 0.3) is 0 Å². The molecule has 1 atom stereocenters. The SMILES string of the molecule is Cc1cccc(CC(Br)c2ccc(F)c(F)c2F)c1. The lowest BCUT2D eigenvalue weighted by molar-refractivity contribution is 0.440. The number of aryl methyl sites for hydroxylation is 1. The molecule has 0 heterocycles. The van der Waals surface area contributed by atoms with Crippen molar-refractivity contribution in [2.45, 2.75) is 18.2 Å². The Morgan fingerprint density at radius 2 is 1.79 bits per heavy atom. The van der Waals surface area contributed by atoms with E-state index in [-0.39, 0.29) is 5.56 Å². The fourth-order valence-corrected chi connectivity index (χ4v) is 2.67. The van der Waals surface area contributed by atoms with Crippen LogP contribution < -0.4 is 0 Å². The predicted molar refractivity (Wildman–Crippen MR) is 72.9 cm³/mol.